The minimum absolute atomic E-state index is 0.487. The monoisotopic (exact) mass is 240 g/mol. The van der Waals surface area contributed by atoms with E-state index in [1.165, 1.54) is 11.3 Å². The zero-order valence-corrected chi connectivity index (χ0v) is 10.4. The molecule has 4 nitrogen and oxygen atoms in total. The highest BCUT2D eigenvalue weighted by Gasteiger charge is 2.24. The van der Waals surface area contributed by atoms with E-state index in [-0.39, 0.29) is 0 Å². The van der Waals surface area contributed by atoms with Gasteiger partial charge in [0.2, 0.25) is 0 Å². The first kappa shape index (κ1) is 11.0. The van der Waals surface area contributed by atoms with Gasteiger partial charge in [0, 0.05) is 24.6 Å². The first-order chi connectivity index (χ1) is 8.75. The maximum atomic E-state index is 5.94. The SMILES string of the molecule is CC1Cc2ccccc2N(c2nccnc2N)C1. The number of nitrogens with zero attached hydrogens (tertiary/aromatic N) is 3. The summed E-state index contributed by atoms with van der Waals surface area (Å²) in [7, 11) is 0. The zero-order chi connectivity index (χ0) is 12.5. The number of nitrogen functional groups attached to an aromatic ring is 1. The van der Waals surface area contributed by atoms with E-state index in [0.717, 1.165) is 18.8 Å². The van der Waals surface area contributed by atoms with Gasteiger partial charge in [0.25, 0.3) is 0 Å². The Bertz CT molecular complexity index is 567. The van der Waals surface area contributed by atoms with E-state index >= 15 is 0 Å². The van der Waals surface area contributed by atoms with E-state index in [0.29, 0.717) is 11.7 Å². The van der Waals surface area contributed by atoms with E-state index in [2.05, 4.69) is 40.0 Å². The summed E-state index contributed by atoms with van der Waals surface area (Å²) in [6.07, 6.45) is 4.42. The van der Waals surface area contributed by atoms with Crippen LogP contribution in [0.1, 0.15) is 12.5 Å². The molecule has 1 aliphatic rings. The van der Waals surface area contributed by atoms with Crippen LogP contribution in [0.5, 0.6) is 0 Å². The number of rotatable bonds is 1. The lowest BCUT2D eigenvalue weighted by molar-refractivity contribution is 0.560. The highest BCUT2D eigenvalue weighted by atomic mass is 15.2. The molecule has 1 unspecified atom stereocenters. The largest absolute Gasteiger partial charge is 0.381 e. The molecule has 0 saturated heterocycles. The second-order valence-corrected chi connectivity index (χ2v) is 4.81. The Hall–Kier alpha value is -2.10. The number of fused-ring (bicyclic) bond motifs is 1. The maximum absolute atomic E-state index is 5.94. The van der Waals surface area contributed by atoms with Crippen LogP contribution in [-0.2, 0) is 6.42 Å². The topological polar surface area (TPSA) is 55.0 Å². The molecule has 4 heteroatoms. The van der Waals surface area contributed by atoms with E-state index in [1.54, 1.807) is 12.4 Å². The molecule has 0 amide bonds. The fourth-order valence-corrected chi connectivity index (χ4v) is 2.55. The van der Waals surface area contributed by atoms with Crippen molar-refractivity contribution in [2.45, 2.75) is 13.3 Å². The van der Waals surface area contributed by atoms with Crippen molar-refractivity contribution in [1.29, 1.82) is 0 Å². The van der Waals surface area contributed by atoms with Gasteiger partial charge in [0.15, 0.2) is 11.6 Å². The van der Waals surface area contributed by atoms with Gasteiger partial charge in [0.1, 0.15) is 0 Å². The van der Waals surface area contributed by atoms with E-state index < -0.39 is 0 Å². The molecule has 1 aliphatic heterocycles. The molecular weight excluding hydrogens is 224 g/mol. The summed E-state index contributed by atoms with van der Waals surface area (Å²) in [5.74, 6) is 1.83. The number of hydrogen-bond acceptors (Lipinski definition) is 4. The average molecular weight is 240 g/mol. The minimum atomic E-state index is 0.487. The summed E-state index contributed by atoms with van der Waals surface area (Å²) < 4.78 is 0. The van der Waals surface area contributed by atoms with Gasteiger partial charge < -0.3 is 10.6 Å². The number of benzene rings is 1. The fraction of sp³-hybridized carbons (Fsp3) is 0.286. The molecule has 0 aliphatic carbocycles. The first-order valence-electron chi connectivity index (χ1n) is 6.17. The third-order valence-corrected chi connectivity index (χ3v) is 3.31. The molecule has 2 aromatic rings. The van der Waals surface area contributed by atoms with E-state index in [4.69, 9.17) is 5.73 Å². The fourth-order valence-electron chi connectivity index (χ4n) is 2.55. The molecule has 2 N–H and O–H groups in total. The molecule has 3 rings (SSSR count). The van der Waals surface area contributed by atoms with Crippen LogP contribution in [0.4, 0.5) is 17.3 Å². The van der Waals surface area contributed by atoms with Gasteiger partial charge in [-0.3, -0.25) is 0 Å². The van der Waals surface area contributed by atoms with Crippen LogP contribution in [0.3, 0.4) is 0 Å². The Balaban J connectivity index is 2.11. The molecule has 0 bridgehead atoms. The average Bonchev–Trinajstić information content (AvgIpc) is 2.38. The van der Waals surface area contributed by atoms with Crippen LogP contribution >= 0.6 is 0 Å². The molecule has 0 radical (unpaired) electrons. The van der Waals surface area contributed by atoms with Crippen LogP contribution in [0.15, 0.2) is 36.7 Å². The normalized spacial score (nSPS) is 18.5. The van der Waals surface area contributed by atoms with Gasteiger partial charge in [-0.15, -0.1) is 0 Å². The van der Waals surface area contributed by atoms with E-state index in [1.807, 2.05) is 6.07 Å². The van der Waals surface area contributed by atoms with Crippen LogP contribution in [-0.4, -0.2) is 16.5 Å². The summed E-state index contributed by atoms with van der Waals surface area (Å²) >= 11 is 0. The van der Waals surface area contributed by atoms with Crippen molar-refractivity contribution in [2.24, 2.45) is 5.92 Å². The molecule has 92 valence electrons. The molecule has 0 fully saturated rings. The smallest absolute Gasteiger partial charge is 0.176 e. The predicted molar refractivity (Wildman–Crippen MR) is 72.8 cm³/mol. The molecule has 1 aromatic carbocycles. The molecule has 1 aromatic heterocycles. The Morgan fingerprint density at radius 1 is 1.22 bits per heavy atom. The number of hydrogen-bond donors (Lipinski definition) is 1. The van der Waals surface area contributed by atoms with Crippen LogP contribution in [0.2, 0.25) is 0 Å². The molecule has 18 heavy (non-hydrogen) atoms. The number of aromatic nitrogens is 2. The summed E-state index contributed by atoms with van der Waals surface area (Å²) in [5.41, 5.74) is 8.48. The molecule has 0 saturated carbocycles. The van der Waals surface area contributed by atoms with Gasteiger partial charge in [-0.2, -0.15) is 0 Å². The van der Waals surface area contributed by atoms with Gasteiger partial charge in [-0.25, -0.2) is 9.97 Å². The van der Waals surface area contributed by atoms with Crippen molar-refractivity contribution >= 4 is 17.3 Å². The molecule has 1 atom stereocenters. The number of nitrogens with two attached hydrogens (primary N) is 1. The lowest BCUT2D eigenvalue weighted by Crippen LogP contribution is -2.31. The van der Waals surface area contributed by atoms with Crippen molar-refractivity contribution in [1.82, 2.24) is 9.97 Å². The Morgan fingerprint density at radius 2 is 2.00 bits per heavy atom. The third kappa shape index (κ3) is 1.79. The highest BCUT2D eigenvalue weighted by molar-refractivity contribution is 5.71. The third-order valence-electron chi connectivity index (χ3n) is 3.31. The van der Waals surface area contributed by atoms with Crippen molar-refractivity contribution < 1.29 is 0 Å². The van der Waals surface area contributed by atoms with Crippen LogP contribution in [0.25, 0.3) is 0 Å². The zero-order valence-electron chi connectivity index (χ0n) is 10.4. The Labute approximate surface area is 106 Å². The Morgan fingerprint density at radius 3 is 2.83 bits per heavy atom. The maximum Gasteiger partial charge on any atom is 0.176 e. The molecule has 0 spiro atoms. The quantitative estimate of drug-likeness (QED) is 0.831. The van der Waals surface area contributed by atoms with Crippen molar-refractivity contribution in [3.05, 3.63) is 42.2 Å². The molecule has 2 heterocycles. The van der Waals surface area contributed by atoms with E-state index in [9.17, 15) is 0 Å². The summed E-state index contributed by atoms with van der Waals surface area (Å²) in [6, 6.07) is 8.42. The minimum Gasteiger partial charge on any atom is -0.381 e. The van der Waals surface area contributed by atoms with Crippen LogP contribution < -0.4 is 10.6 Å². The standard InChI is InChI=1S/C14H16N4/c1-10-8-11-4-2-3-5-12(11)18(9-10)14-13(15)16-6-7-17-14/h2-7,10H,8-9H2,1H3,(H2,15,16). The van der Waals surface area contributed by atoms with Crippen molar-refractivity contribution in [3.8, 4) is 0 Å². The highest BCUT2D eigenvalue weighted by Crippen LogP contribution is 2.35. The van der Waals surface area contributed by atoms with Gasteiger partial charge in [-0.05, 0) is 24.0 Å². The second-order valence-electron chi connectivity index (χ2n) is 4.81. The summed E-state index contributed by atoms with van der Waals surface area (Å²) in [4.78, 5) is 10.7. The second kappa shape index (κ2) is 4.29. The van der Waals surface area contributed by atoms with Crippen molar-refractivity contribution in [2.75, 3.05) is 17.2 Å². The lowest BCUT2D eigenvalue weighted by atomic mass is 9.94. The van der Waals surface area contributed by atoms with Crippen LogP contribution in [0, 0.1) is 5.92 Å². The van der Waals surface area contributed by atoms with Gasteiger partial charge in [-0.1, -0.05) is 25.1 Å². The number of para-hydroxylation sites is 1. The van der Waals surface area contributed by atoms with Gasteiger partial charge >= 0.3 is 0 Å². The van der Waals surface area contributed by atoms with Gasteiger partial charge in [0.05, 0.1) is 0 Å². The summed E-state index contributed by atoms with van der Waals surface area (Å²) in [5, 5.41) is 0. The number of anilines is 3. The summed E-state index contributed by atoms with van der Waals surface area (Å²) in [6.45, 7) is 3.18. The molecular formula is C14H16N4. The Kier molecular flexibility index (Phi) is 2.63. The lowest BCUT2D eigenvalue weighted by Gasteiger charge is -2.34. The van der Waals surface area contributed by atoms with Crippen molar-refractivity contribution in [3.63, 3.8) is 0 Å². The first-order valence-corrected chi connectivity index (χ1v) is 6.17. The predicted octanol–water partition coefficient (Wildman–Crippen LogP) is 2.39.